The first-order valence-electron chi connectivity index (χ1n) is 12.5. The number of nitrogens with zero attached hydrogens (tertiary/aromatic N) is 5. The largest absolute Gasteiger partial charge is 0.348 e. The lowest BCUT2D eigenvalue weighted by molar-refractivity contribution is 0.0934. The summed E-state index contributed by atoms with van der Waals surface area (Å²) in [6.45, 7) is 4.05. The van der Waals surface area contributed by atoms with Gasteiger partial charge >= 0.3 is 0 Å². The average Bonchev–Trinajstić information content (AvgIpc) is 3.61. The molecule has 2 aromatic carbocycles. The molecule has 3 aromatic heterocycles. The van der Waals surface area contributed by atoms with E-state index in [2.05, 4.69) is 37.6 Å². The topological polar surface area (TPSA) is 85.6 Å². The van der Waals surface area contributed by atoms with Gasteiger partial charge in [-0.3, -0.25) is 14.3 Å². The van der Waals surface area contributed by atoms with Crippen LogP contribution in [0, 0.1) is 6.92 Å². The Kier molecular flexibility index (Phi) is 8.71. The second-order valence-electron chi connectivity index (χ2n) is 9.13. The number of halogens is 1. The predicted molar refractivity (Wildman–Crippen MR) is 158 cm³/mol. The molecule has 7 nitrogen and oxygen atoms in total. The third kappa shape index (κ3) is 6.73. The van der Waals surface area contributed by atoms with Crippen molar-refractivity contribution in [1.82, 2.24) is 30.0 Å². The van der Waals surface area contributed by atoms with Crippen molar-refractivity contribution in [2.45, 2.75) is 43.6 Å². The summed E-state index contributed by atoms with van der Waals surface area (Å²) in [5.41, 5.74) is 4.49. The molecule has 1 atom stereocenters. The van der Waals surface area contributed by atoms with Crippen LogP contribution < -0.4 is 5.32 Å². The highest BCUT2D eigenvalue weighted by Gasteiger charge is 2.20. The number of carbonyl (C=O) groups is 1. The van der Waals surface area contributed by atoms with E-state index >= 15 is 0 Å². The molecular weight excluding hydrogens is 548 g/mol. The van der Waals surface area contributed by atoms with Gasteiger partial charge in [-0.1, -0.05) is 59.8 Å². The fourth-order valence-corrected chi connectivity index (χ4v) is 5.99. The van der Waals surface area contributed by atoms with E-state index in [0.29, 0.717) is 27.5 Å². The third-order valence-electron chi connectivity index (χ3n) is 6.16. The number of aromatic nitrogens is 5. The minimum Gasteiger partial charge on any atom is -0.348 e. The number of thiazole rings is 1. The van der Waals surface area contributed by atoms with Gasteiger partial charge in [0, 0.05) is 34.4 Å². The van der Waals surface area contributed by atoms with Crippen molar-refractivity contribution in [3.8, 4) is 17.1 Å². The highest BCUT2D eigenvalue weighted by Crippen LogP contribution is 2.32. The number of amides is 1. The van der Waals surface area contributed by atoms with E-state index in [-0.39, 0.29) is 11.9 Å². The molecule has 0 fully saturated rings. The molecule has 0 spiro atoms. The van der Waals surface area contributed by atoms with Crippen LogP contribution in [0.2, 0.25) is 5.02 Å². The molecule has 1 amide bonds. The first kappa shape index (κ1) is 27.1. The highest BCUT2D eigenvalue weighted by molar-refractivity contribution is 7.98. The fraction of sp³-hybridized carbons (Fsp3) is 0.207. The van der Waals surface area contributed by atoms with Gasteiger partial charge in [-0.05, 0) is 62.1 Å². The molecule has 5 rings (SSSR count). The monoisotopic (exact) mass is 574 g/mol. The maximum Gasteiger partial charge on any atom is 0.270 e. The number of thioether (sulfide) groups is 1. The van der Waals surface area contributed by atoms with Gasteiger partial charge in [0.15, 0.2) is 11.0 Å². The van der Waals surface area contributed by atoms with Gasteiger partial charge in [0.2, 0.25) is 0 Å². The number of benzene rings is 2. The Morgan fingerprint density at radius 3 is 2.77 bits per heavy atom. The van der Waals surface area contributed by atoms with Gasteiger partial charge in [0.1, 0.15) is 10.7 Å². The fourth-order valence-electron chi connectivity index (χ4n) is 4.09. The Morgan fingerprint density at radius 2 is 1.97 bits per heavy atom. The summed E-state index contributed by atoms with van der Waals surface area (Å²) >= 11 is 9.33. The Bertz CT molecular complexity index is 1550. The summed E-state index contributed by atoms with van der Waals surface area (Å²) < 4.78 is 2.00. The van der Waals surface area contributed by atoms with Crippen LogP contribution in [-0.2, 0) is 12.2 Å². The van der Waals surface area contributed by atoms with Crippen LogP contribution in [0.15, 0.2) is 83.6 Å². The summed E-state index contributed by atoms with van der Waals surface area (Å²) in [5, 5.41) is 16.0. The van der Waals surface area contributed by atoms with Crippen LogP contribution in [0.1, 0.15) is 40.0 Å². The Labute approximate surface area is 240 Å². The third-order valence-corrected chi connectivity index (χ3v) is 8.37. The summed E-state index contributed by atoms with van der Waals surface area (Å²) in [4.78, 5) is 21.6. The number of aryl methyl sites for hydroxylation is 2. The molecule has 0 bridgehead atoms. The van der Waals surface area contributed by atoms with E-state index < -0.39 is 0 Å². The van der Waals surface area contributed by atoms with Crippen molar-refractivity contribution in [2.75, 3.05) is 0 Å². The molecule has 198 valence electrons. The van der Waals surface area contributed by atoms with Crippen LogP contribution in [-0.4, -0.2) is 36.7 Å². The van der Waals surface area contributed by atoms with Gasteiger partial charge in [0.05, 0.1) is 11.4 Å². The van der Waals surface area contributed by atoms with E-state index in [0.717, 1.165) is 34.7 Å². The van der Waals surface area contributed by atoms with Crippen LogP contribution in [0.5, 0.6) is 0 Å². The van der Waals surface area contributed by atoms with E-state index in [1.165, 1.54) is 28.7 Å². The zero-order chi connectivity index (χ0) is 27.2. The SMILES string of the molecule is Cc1ccc(Cl)cc1-n1c(SCc2nc(C(=O)NC(C)CCc3ccccc3)cs2)nnc1-c1cccnc1. The summed E-state index contributed by atoms with van der Waals surface area (Å²) in [5.74, 6) is 1.08. The number of nitrogens with one attached hydrogen (secondary N) is 1. The smallest absolute Gasteiger partial charge is 0.270 e. The van der Waals surface area contributed by atoms with Crippen molar-refractivity contribution < 1.29 is 4.79 Å². The first-order valence-corrected chi connectivity index (χ1v) is 14.8. The van der Waals surface area contributed by atoms with Gasteiger partial charge in [-0.25, -0.2) is 4.98 Å². The number of rotatable bonds is 10. The molecule has 5 aromatic rings. The van der Waals surface area contributed by atoms with E-state index in [4.69, 9.17) is 11.6 Å². The van der Waals surface area contributed by atoms with E-state index in [1.807, 2.05) is 72.3 Å². The molecule has 0 saturated heterocycles. The Balaban J connectivity index is 1.28. The summed E-state index contributed by atoms with van der Waals surface area (Å²) in [6.07, 6.45) is 5.27. The summed E-state index contributed by atoms with van der Waals surface area (Å²) in [7, 11) is 0. The number of hydrogen-bond acceptors (Lipinski definition) is 7. The van der Waals surface area contributed by atoms with Gasteiger partial charge in [-0.15, -0.1) is 21.5 Å². The zero-order valence-electron chi connectivity index (χ0n) is 21.5. The maximum absolute atomic E-state index is 12.8. The van der Waals surface area contributed by atoms with Crippen molar-refractivity contribution in [3.05, 3.63) is 105 Å². The predicted octanol–water partition coefficient (Wildman–Crippen LogP) is 6.79. The summed E-state index contributed by atoms with van der Waals surface area (Å²) in [6, 6.07) is 19.9. The molecule has 0 aliphatic carbocycles. The molecule has 1 unspecified atom stereocenters. The van der Waals surface area contributed by atoms with E-state index in [1.54, 1.807) is 12.4 Å². The molecule has 39 heavy (non-hydrogen) atoms. The van der Waals surface area contributed by atoms with Crippen molar-refractivity contribution in [2.24, 2.45) is 0 Å². The quantitative estimate of drug-likeness (QED) is 0.185. The van der Waals surface area contributed by atoms with Crippen LogP contribution in [0.3, 0.4) is 0 Å². The van der Waals surface area contributed by atoms with Gasteiger partial charge in [-0.2, -0.15) is 0 Å². The van der Waals surface area contributed by atoms with E-state index in [9.17, 15) is 4.79 Å². The van der Waals surface area contributed by atoms with Gasteiger partial charge in [0.25, 0.3) is 5.91 Å². The molecular formula is C29H27ClN6OS2. The van der Waals surface area contributed by atoms with Crippen molar-refractivity contribution >= 4 is 40.6 Å². The lowest BCUT2D eigenvalue weighted by atomic mass is 10.1. The Hall–Kier alpha value is -3.53. The molecule has 0 aliphatic rings. The minimum atomic E-state index is -0.153. The number of pyridine rings is 1. The highest BCUT2D eigenvalue weighted by atomic mass is 35.5. The van der Waals surface area contributed by atoms with Crippen LogP contribution in [0.25, 0.3) is 17.1 Å². The second kappa shape index (κ2) is 12.5. The number of carbonyl (C=O) groups excluding carboxylic acids is 1. The molecule has 3 heterocycles. The van der Waals surface area contributed by atoms with Crippen molar-refractivity contribution in [3.63, 3.8) is 0 Å². The van der Waals surface area contributed by atoms with Crippen LogP contribution >= 0.6 is 34.7 Å². The normalized spacial score (nSPS) is 11.9. The molecule has 0 saturated carbocycles. The molecule has 10 heteroatoms. The standard InChI is InChI=1S/C29H27ClN6OS2/c1-19-10-13-23(30)15-25(19)36-27(22-9-6-14-31-16-22)34-35-29(36)39-18-26-33-24(17-38-26)28(37)32-20(2)11-12-21-7-4-3-5-8-21/h3-10,13-17,20H,11-12,18H2,1-2H3,(H,32,37). The molecule has 1 N–H and O–H groups in total. The van der Waals surface area contributed by atoms with Crippen LogP contribution in [0.4, 0.5) is 0 Å². The lowest BCUT2D eigenvalue weighted by Gasteiger charge is -2.13. The molecule has 0 radical (unpaired) electrons. The lowest BCUT2D eigenvalue weighted by Crippen LogP contribution is -2.33. The van der Waals surface area contributed by atoms with Crippen molar-refractivity contribution in [1.29, 1.82) is 0 Å². The maximum atomic E-state index is 12.8. The van der Waals surface area contributed by atoms with Gasteiger partial charge < -0.3 is 5.32 Å². The first-order chi connectivity index (χ1) is 19.0. The Morgan fingerprint density at radius 1 is 1.13 bits per heavy atom. The average molecular weight is 575 g/mol. The minimum absolute atomic E-state index is 0.0441. The molecule has 0 aliphatic heterocycles. The zero-order valence-corrected chi connectivity index (χ0v) is 23.9. The second-order valence-corrected chi connectivity index (χ2v) is 11.4. The number of hydrogen-bond donors (Lipinski definition) is 1.